The molecule has 4 aromatic rings. The molecule has 46 heavy (non-hydrogen) atoms. The highest BCUT2D eigenvalue weighted by Crippen LogP contribution is 2.27. The van der Waals surface area contributed by atoms with Gasteiger partial charge in [-0.15, -0.1) is 0 Å². The van der Waals surface area contributed by atoms with E-state index < -0.39 is 29.9 Å². The number of esters is 1. The monoisotopic (exact) mass is 618 g/mol. The summed E-state index contributed by atoms with van der Waals surface area (Å²) in [6.45, 7) is 4.40. The van der Waals surface area contributed by atoms with Gasteiger partial charge in [0.1, 0.15) is 11.8 Å². The Morgan fingerprint density at radius 1 is 0.761 bits per heavy atom. The molecule has 238 valence electrons. The highest BCUT2D eigenvalue weighted by molar-refractivity contribution is 5.83. The van der Waals surface area contributed by atoms with Gasteiger partial charge >= 0.3 is 18.0 Å². The Morgan fingerprint density at radius 3 is 2.07 bits per heavy atom. The molecule has 1 aliphatic carbocycles. The molecule has 0 saturated carbocycles. The minimum Gasteiger partial charge on any atom is -0.480 e. The predicted molar refractivity (Wildman–Crippen MR) is 180 cm³/mol. The first-order valence-electron chi connectivity index (χ1n) is 16.0. The maximum absolute atomic E-state index is 13.7. The van der Waals surface area contributed by atoms with Crippen LogP contribution in [0.4, 0.5) is 4.79 Å². The molecule has 0 aromatic heterocycles. The number of hydrogen-bond donors (Lipinski definition) is 2. The van der Waals surface area contributed by atoms with E-state index in [9.17, 15) is 19.5 Å². The molecule has 0 spiro atoms. The van der Waals surface area contributed by atoms with E-state index in [4.69, 9.17) is 4.74 Å². The van der Waals surface area contributed by atoms with Crippen LogP contribution >= 0.6 is 0 Å². The Bertz CT molecular complexity index is 1620. The first-order valence-corrected chi connectivity index (χ1v) is 16.0. The number of hydrogen-bond acceptors (Lipinski definition) is 4. The second-order valence-electron chi connectivity index (χ2n) is 12.5. The number of nitrogens with zero attached hydrogens (tertiary/aromatic N) is 1. The Hall–Kier alpha value is -4.91. The summed E-state index contributed by atoms with van der Waals surface area (Å²) in [6, 6.07) is 31.4. The summed E-state index contributed by atoms with van der Waals surface area (Å²) in [7, 11) is 0. The van der Waals surface area contributed by atoms with E-state index in [0.717, 1.165) is 41.5 Å². The minimum atomic E-state index is -1.14. The predicted octanol–water partition coefficient (Wildman–Crippen LogP) is 6.97. The number of carboxylic acids is 1. The smallest absolute Gasteiger partial charge is 0.326 e. The van der Waals surface area contributed by atoms with Crippen molar-refractivity contribution in [3.8, 4) is 16.9 Å². The second-order valence-corrected chi connectivity index (χ2v) is 12.5. The number of fused-ring (bicyclic) bond motifs is 1. The van der Waals surface area contributed by atoms with Gasteiger partial charge in [-0.1, -0.05) is 105 Å². The van der Waals surface area contributed by atoms with Gasteiger partial charge in [-0.25, -0.2) is 9.59 Å². The van der Waals surface area contributed by atoms with Gasteiger partial charge in [0.25, 0.3) is 0 Å². The molecule has 4 aromatic carbocycles. The maximum Gasteiger partial charge on any atom is 0.326 e. The number of aliphatic carboxylic acids is 1. The van der Waals surface area contributed by atoms with Crippen molar-refractivity contribution in [2.24, 2.45) is 11.8 Å². The van der Waals surface area contributed by atoms with Crippen molar-refractivity contribution in [2.45, 2.75) is 52.0 Å². The average molecular weight is 619 g/mol. The van der Waals surface area contributed by atoms with Crippen molar-refractivity contribution in [3.63, 3.8) is 0 Å². The van der Waals surface area contributed by atoms with Crippen LogP contribution < -0.4 is 10.1 Å². The molecule has 2 atom stereocenters. The summed E-state index contributed by atoms with van der Waals surface area (Å²) in [6.07, 6.45) is 3.61. The lowest BCUT2D eigenvalue weighted by Crippen LogP contribution is -2.51. The Balaban J connectivity index is 1.31. The summed E-state index contributed by atoms with van der Waals surface area (Å²) >= 11 is 0. The number of carboxylic acid groups (broad SMARTS) is 1. The molecule has 1 unspecified atom stereocenters. The van der Waals surface area contributed by atoms with E-state index >= 15 is 0 Å². The van der Waals surface area contributed by atoms with E-state index in [1.54, 1.807) is 4.90 Å². The summed E-state index contributed by atoms with van der Waals surface area (Å²) in [5.41, 5.74) is 6.34. The Morgan fingerprint density at radius 2 is 1.39 bits per heavy atom. The third kappa shape index (κ3) is 8.84. The van der Waals surface area contributed by atoms with Crippen molar-refractivity contribution < 1.29 is 24.2 Å². The van der Waals surface area contributed by atoms with E-state index in [1.807, 2.05) is 117 Å². The van der Waals surface area contributed by atoms with Crippen molar-refractivity contribution >= 4 is 18.0 Å². The first kappa shape index (κ1) is 32.5. The van der Waals surface area contributed by atoms with Crippen molar-refractivity contribution in [1.29, 1.82) is 0 Å². The normalized spacial score (nSPS) is 13.5. The van der Waals surface area contributed by atoms with Gasteiger partial charge < -0.3 is 20.1 Å². The average Bonchev–Trinajstić information content (AvgIpc) is 3.53. The maximum atomic E-state index is 13.7. The Labute approximate surface area is 271 Å². The number of rotatable bonds is 13. The number of amides is 2. The topological polar surface area (TPSA) is 95.9 Å². The lowest BCUT2D eigenvalue weighted by molar-refractivity contribution is -0.140. The number of ether oxygens (including phenoxy) is 1. The third-order valence-electron chi connectivity index (χ3n) is 8.36. The zero-order valence-electron chi connectivity index (χ0n) is 26.5. The summed E-state index contributed by atoms with van der Waals surface area (Å²) in [5, 5.41) is 12.8. The van der Waals surface area contributed by atoms with E-state index in [1.165, 1.54) is 11.1 Å². The van der Waals surface area contributed by atoms with Gasteiger partial charge in [-0.2, -0.15) is 0 Å². The molecular weight excluding hydrogens is 576 g/mol. The summed E-state index contributed by atoms with van der Waals surface area (Å²) in [4.78, 5) is 41.3. The van der Waals surface area contributed by atoms with Gasteiger partial charge in [0, 0.05) is 19.5 Å². The molecule has 0 saturated heterocycles. The number of carbonyl (C=O) groups is 3. The quantitative estimate of drug-likeness (QED) is 0.125. The number of nitrogens with one attached hydrogen (secondary N) is 1. The SMILES string of the molecule is CC(C)CN(CC(Cc1ccccc1)C(=O)Oc1ccc2c(c1)CCC2)C(=O)N[C@@H](Cc1ccc(-c2ccccc2)cc1)C(=O)O. The van der Waals surface area contributed by atoms with Crippen LogP contribution in [0.15, 0.2) is 103 Å². The van der Waals surface area contributed by atoms with Gasteiger partial charge in [0.05, 0.1) is 5.92 Å². The summed E-state index contributed by atoms with van der Waals surface area (Å²) < 4.78 is 5.91. The number of aryl methyl sites for hydroxylation is 2. The number of benzene rings is 4. The molecule has 0 fully saturated rings. The third-order valence-corrected chi connectivity index (χ3v) is 8.36. The van der Waals surface area contributed by atoms with E-state index in [2.05, 4.69) is 5.32 Å². The van der Waals surface area contributed by atoms with Gasteiger partial charge in [0.2, 0.25) is 0 Å². The molecule has 0 radical (unpaired) electrons. The first-order chi connectivity index (χ1) is 22.2. The van der Waals surface area contributed by atoms with Crippen LogP contribution in [0.1, 0.15) is 42.5 Å². The molecule has 2 amide bonds. The molecule has 0 bridgehead atoms. The van der Waals surface area contributed by atoms with Crippen molar-refractivity contribution in [1.82, 2.24) is 10.2 Å². The molecule has 0 aliphatic heterocycles. The largest absolute Gasteiger partial charge is 0.480 e. The summed E-state index contributed by atoms with van der Waals surface area (Å²) in [5.74, 6) is -1.61. The fraction of sp³-hybridized carbons (Fsp3) is 0.308. The highest BCUT2D eigenvalue weighted by atomic mass is 16.5. The zero-order valence-corrected chi connectivity index (χ0v) is 26.5. The fourth-order valence-corrected chi connectivity index (χ4v) is 6.02. The lowest BCUT2D eigenvalue weighted by atomic mass is 9.98. The Kier molecular flexibility index (Phi) is 10.9. The van der Waals surface area contributed by atoms with Crippen LogP contribution in [0.5, 0.6) is 5.75 Å². The molecular formula is C39H42N2O5. The standard InChI is InChI=1S/C39H42N2O5/c1-27(2)25-41(39(45)40-36(37(42)43)23-29-16-18-32(19-17-29)30-12-7-4-8-13-30)26-34(22-28-10-5-3-6-11-28)38(44)46-35-21-20-31-14-9-15-33(31)24-35/h3-8,10-13,16-21,24,27,34,36H,9,14-15,22-23,25-26H2,1-2H3,(H,40,45)(H,42,43)/t34?,36-/m0/s1. The minimum absolute atomic E-state index is 0.0841. The lowest BCUT2D eigenvalue weighted by Gasteiger charge is -2.30. The van der Waals surface area contributed by atoms with E-state index in [-0.39, 0.29) is 18.9 Å². The molecule has 7 heteroatoms. The van der Waals surface area contributed by atoms with Crippen LogP contribution in [0.3, 0.4) is 0 Å². The van der Waals surface area contributed by atoms with Crippen LogP contribution in [0, 0.1) is 11.8 Å². The number of carbonyl (C=O) groups excluding carboxylic acids is 2. The van der Waals surface area contributed by atoms with Crippen LogP contribution in [0.2, 0.25) is 0 Å². The highest BCUT2D eigenvalue weighted by Gasteiger charge is 2.30. The van der Waals surface area contributed by atoms with Gasteiger partial charge in [0.15, 0.2) is 0 Å². The second kappa shape index (κ2) is 15.4. The van der Waals surface area contributed by atoms with Crippen molar-refractivity contribution in [2.75, 3.05) is 13.1 Å². The van der Waals surface area contributed by atoms with Crippen LogP contribution in [-0.4, -0.2) is 47.1 Å². The molecule has 1 aliphatic rings. The van der Waals surface area contributed by atoms with Crippen molar-refractivity contribution in [3.05, 3.63) is 125 Å². The van der Waals surface area contributed by atoms with E-state index in [0.29, 0.717) is 18.7 Å². The van der Waals surface area contributed by atoms with Crippen LogP contribution in [0.25, 0.3) is 11.1 Å². The number of urea groups is 1. The van der Waals surface area contributed by atoms with Crippen LogP contribution in [-0.2, 0) is 35.3 Å². The van der Waals surface area contributed by atoms with Gasteiger partial charge in [-0.3, -0.25) is 4.79 Å². The molecule has 0 heterocycles. The molecule has 5 rings (SSSR count). The van der Waals surface area contributed by atoms with Gasteiger partial charge in [-0.05, 0) is 77.1 Å². The fourth-order valence-electron chi connectivity index (χ4n) is 6.02. The zero-order chi connectivity index (χ0) is 32.5. The molecule has 7 nitrogen and oxygen atoms in total. The molecule has 2 N–H and O–H groups in total.